The smallest absolute Gasteiger partial charge is 0.142 e. The fourth-order valence-corrected chi connectivity index (χ4v) is 3.12. The summed E-state index contributed by atoms with van der Waals surface area (Å²) in [5.74, 6) is 0.974. The summed E-state index contributed by atoms with van der Waals surface area (Å²) in [6.45, 7) is 6.42. The van der Waals surface area contributed by atoms with Crippen molar-refractivity contribution in [3.8, 4) is 5.75 Å². The standard InChI is InChI=1S/C16H25N3O/c1-20-15-5-3-2-4-14(15)19-10-8-18(9-11-19)13-16(12-17)6-7-16/h2-5H,6-13,17H2,1H3. The van der Waals surface area contributed by atoms with Gasteiger partial charge in [-0.15, -0.1) is 0 Å². The maximum Gasteiger partial charge on any atom is 0.142 e. The third kappa shape index (κ3) is 2.76. The summed E-state index contributed by atoms with van der Waals surface area (Å²) in [6, 6.07) is 8.29. The highest BCUT2D eigenvalue weighted by Gasteiger charge is 2.42. The number of para-hydroxylation sites is 2. The van der Waals surface area contributed by atoms with Crippen LogP contribution in [0.1, 0.15) is 12.8 Å². The Labute approximate surface area is 121 Å². The minimum atomic E-state index is 0.451. The maximum absolute atomic E-state index is 5.89. The minimum absolute atomic E-state index is 0.451. The molecule has 3 rings (SSSR count). The Morgan fingerprint density at radius 3 is 2.45 bits per heavy atom. The Morgan fingerprint density at radius 1 is 1.15 bits per heavy atom. The van der Waals surface area contributed by atoms with E-state index in [0.29, 0.717) is 5.41 Å². The summed E-state index contributed by atoms with van der Waals surface area (Å²) in [7, 11) is 1.74. The monoisotopic (exact) mass is 275 g/mol. The zero-order valence-electron chi connectivity index (χ0n) is 12.3. The molecule has 2 aliphatic rings. The van der Waals surface area contributed by atoms with E-state index in [1.165, 1.54) is 25.1 Å². The second kappa shape index (κ2) is 5.62. The van der Waals surface area contributed by atoms with E-state index in [0.717, 1.165) is 38.5 Å². The van der Waals surface area contributed by atoms with Gasteiger partial charge in [0, 0.05) is 32.7 Å². The maximum atomic E-state index is 5.89. The highest BCUT2D eigenvalue weighted by molar-refractivity contribution is 5.58. The molecular formula is C16H25N3O. The van der Waals surface area contributed by atoms with Crippen molar-refractivity contribution in [3.63, 3.8) is 0 Å². The average molecular weight is 275 g/mol. The van der Waals surface area contributed by atoms with Gasteiger partial charge in [-0.3, -0.25) is 4.90 Å². The van der Waals surface area contributed by atoms with Crippen LogP contribution >= 0.6 is 0 Å². The van der Waals surface area contributed by atoms with Crippen LogP contribution in [0.5, 0.6) is 5.75 Å². The molecule has 20 heavy (non-hydrogen) atoms. The molecule has 1 saturated carbocycles. The molecule has 0 aromatic heterocycles. The van der Waals surface area contributed by atoms with Crippen LogP contribution in [-0.2, 0) is 0 Å². The summed E-state index contributed by atoms with van der Waals surface area (Å²) < 4.78 is 5.46. The molecule has 110 valence electrons. The number of methoxy groups -OCH3 is 1. The second-order valence-corrected chi connectivity index (χ2v) is 6.14. The normalized spacial score (nSPS) is 21.8. The molecule has 4 nitrogen and oxygen atoms in total. The molecular weight excluding hydrogens is 250 g/mol. The van der Waals surface area contributed by atoms with Crippen LogP contribution in [0.15, 0.2) is 24.3 Å². The Hall–Kier alpha value is -1.26. The third-order valence-electron chi connectivity index (χ3n) is 4.75. The first-order valence-corrected chi connectivity index (χ1v) is 7.57. The second-order valence-electron chi connectivity index (χ2n) is 6.14. The van der Waals surface area contributed by atoms with Crippen LogP contribution in [0.2, 0.25) is 0 Å². The number of rotatable bonds is 5. The Morgan fingerprint density at radius 2 is 1.85 bits per heavy atom. The molecule has 1 aromatic carbocycles. The molecule has 1 aliphatic heterocycles. The first-order valence-electron chi connectivity index (χ1n) is 7.57. The fraction of sp³-hybridized carbons (Fsp3) is 0.625. The number of piperazine rings is 1. The molecule has 2 fully saturated rings. The van der Waals surface area contributed by atoms with Gasteiger partial charge in [0.1, 0.15) is 5.75 Å². The van der Waals surface area contributed by atoms with Crippen LogP contribution in [0.3, 0.4) is 0 Å². The van der Waals surface area contributed by atoms with E-state index in [1.54, 1.807) is 7.11 Å². The van der Waals surface area contributed by atoms with Gasteiger partial charge >= 0.3 is 0 Å². The van der Waals surface area contributed by atoms with Crippen molar-refractivity contribution in [2.45, 2.75) is 12.8 Å². The highest BCUT2D eigenvalue weighted by atomic mass is 16.5. The van der Waals surface area contributed by atoms with Gasteiger partial charge in [-0.05, 0) is 36.9 Å². The van der Waals surface area contributed by atoms with E-state index in [1.807, 2.05) is 12.1 Å². The lowest BCUT2D eigenvalue weighted by molar-refractivity contribution is 0.210. The zero-order valence-corrected chi connectivity index (χ0v) is 12.3. The van der Waals surface area contributed by atoms with E-state index >= 15 is 0 Å². The van der Waals surface area contributed by atoms with Crippen LogP contribution in [0.25, 0.3) is 0 Å². The molecule has 0 unspecified atom stereocenters. The number of anilines is 1. The van der Waals surface area contributed by atoms with Gasteiger partial charge in [0.2, 0.25) is 0 Å². The predicted octanol–water partition coefficient (Wildman–Crippen LogP) is 1.56. The van der Waals surface area contributed by atoms with Crippen LogP contribution in [0, 0.1) is 5.41 Å². The quantitative estimate of drug-likeness (QED) is 0.885. The SMILES string of the molecule is COc1ccccc1N1CCN(CC2(CN)CC2)CC1. The Balaban J connectivity index is 1.58. The molecule has 0 bridgehead atoms. The van der Waals surface area contributed by atoms with Crippen molar-refractivity contribution >= 4 is 5.69 Å². The number of nitrogens with zero attached hydrogens (tertiary/aromatic N) is 2. The molecule has 1 saturated heterocycles. The van der Waals surface area contributed by atoms with Crippen molar-refractivity contribution in [2.24, 2.45) is 11.1 Å². The molecule has 1 heterocycles. The fourth-order valence-electron chi connectivity index (χ4n) is 3.12. The summed E-state index contributed by atoms with van der Waals surface area (Å²) in [5.41, 5.74) is 7.56. The number of hydrogen-bond donors (Lipinski definition) is 1. The number of ether oxygens (including phenoxy) is 1. The first-order chi connectivity index (χ1) is 9.76. The van der Waals surface area contributed by atoms with E-state index in [4.69, 9.17) is 10.5 Å². The molecule has 4 heteroatoms. The zero-order chi connectivity index (χ0) is 14.0. The third-order valence-corrected chi connectivity index (χ3v) is 4.75. The molecule has 0 amide bonds. The lowest BCUT2D eigenvalue weighted by atomic mass is 10.1. The average Bonchev–Trinajstić information content (AvgIpc) is 3.28. The van der Waals surface area contributed by atoms with Gasteiger partial charge in [-0.25, -0.2) is 0 Å². The lowest BCUT2D eigenvalue weighted by Crippen LogP contribution is -2.49. The Kier molecular flexibility index (Phi) is 3.85. The lowest BCUT2D eigenvalue weighted by Gasteiger charge is -2.38. The van der Waals surface area contributed by atoms with Gasteiger partial charge in [-0.2, -0.15) is 0 Å². The van der Waals surface area contributed by atoms with E-state index < -0.39 is 0 Å². The molecule has 0 atom stereocenters. The van der Waals surface area contributed by atoms with Crippen LogP contribution < -0.4 is 15.4 Å². The van der Waals surface area contributed by atoms with Gasteiger partial charge in [0.25, 0.3) is 0 Å². The number of benzene rings is 1. The van der Waals surface area contributed by atoms with Crippen molar-refractivity contribution in [1.82, 2.24) is 4.90 Å². The molecule has 1 aromatic rings. The predicted molar refractivity (Wildman–Crippen MR) is 82.4 cm³/mol. The van der Waals surface area contributed by atoms with Crippen LogP contribution in [-0.4, -0.2) is 51.3 Å². The molecule has 2 N–H and O–H groups in total. The first kappa shape index (κ1) is 13.7. The number of nitrogens with two attached hydrogens (primary N) is 1. The van der Waals surface area contributed by atoms with E-state index in [2.05, 4.69) is 21.9 Å². The largest absolute Gasteiger partial charge is 0.495 e. The van der Waals surface area contributed by atoms with Gasteiger partial charge in [0.15, 0.2) is 0 Å². The summed E-state index contributed by atoms with van der Waals surface area (Å²) >= 11 is 0. The minimum Gasteiger partial charge on any atom is -0.495 e. The van der Waals surface area contributed by atoms with Crippen molar-refractivity contribution in [1.29, 1.82) is 0 Å². The molecule has 0 spiro atoms. The van der Waals surface area contributed by atoms with Crippen molar-refractivity contribution in [3.05, 3.63) is 24.3 Å². The summed E-state index contributed by atoms with van der Waals surface area (Å²) in [6.07, 6.45) is 2.63. The van der Waals surface area contributed by atoms with Crippen molar-refractivity contribution < 1.29 is 4.74 Å². The van der Waals surface area contributed by atoms with Crippen LogP contribution in [0.4, 0.5) is 5.69 Å². The summed E-state index contributed by atoms with van der Waals surface area (Å²) in [4.78, 5) is 5.00. The Bertz CT molecular complexity index is 451. The van der Waals surface area contributed by atoms with Crippen molar-refractivity contribution in [2.75, 3.05) is 51.3 Å². The molecule has 0 radical (unpaired) electrons. The van der Waals surface area contributed by atoms with E-state index in [-0.39, 0.29) is 0 Å². The van der Waals surface area contributed by atoms with Gasteiger partial charge in [0.05, 0.1) is 12.8 Å². The summed E-state index contributed by atoms with van der Waals surface area (Å²) in [5, 5.41) is 0. The topological polar surface area (TPSA) is 41.7 Å². The van der Waals surface area contributed by atoms with Gasteiger partial charge < -0.3 is 15.4 Å². The molecule has 1 aliphatic carbocycles. The highest BCUT2D eigenvalue weighted by Crippen LogP contribution is 2.45. The number of hydrogen-bond acceptors (Lipinski definition) is 4. The van der Waals surface area contributed by atoms with E-state index in [9.17, 15) is 0 Å². The van der Waals surface area contributed by atoms with Gasteiger partial charge in [-0.1, -0.05) is 12.1 Å².